The molecular formula is C19H22N4O4. The molecule has 0 atom stereocenters. The van der Waals surface area contributed by atoms with Gasteiger partial charge in [-0.2, -0.15) is 0 Å². The maximum Gasteiger partial charge on any atom is 0.214 e. The molecule has 0 bridgehead atoms. The fourth-order valence-corrected chi connectivity index (χ4v) is 2.28. The summed E-state index contributed by atoms with van der Waals surface area (Å²) in [6.07, 6.45) is 6.60. The summed E-state index contributed by atoms with van der Waals surface area (Å²) in [5.74, 6) is 0.677. The number of hydrogen-bond donors (Lipinski definition) is 2. The smallest absolute Gasteiger partial charge is 0.214 e. The zero-order valence-corrected chi connectivity index (χ0v) is 15.3. The number of rotatable bonds is 11. The van der Waals surface area contributed by atoms with E-state index in [9.17, 15) is 4.79 Å². The highest BCUT2D eigenvalue weighted by Gasteiger charge is 2.11. The van der Waals surface area contributed by atoms with Gasteiger partial charge in [0.15, 0.2) is 6.29 Å². The van der Waals surface area contributed by atoms with Crippen LogP contribution in [0.25, 0.3) is 5.70 Å². The number of aldehydes is 1. The van der Waals surface area contributed by atoms with Gasteiger partial charge in [-0.1, -0.05) is 6.07 Å². The Hall–Kier alpha value is -3.26. The van der Waals surface area contributed by atoms with E-state index in [0.29, 0.717) is 48.1 Å². The van der Waals surface area contributed by atoms with Gasteiger partial charge in [-0.25, -0.2) is 4.98 Å². The number of methoxy groups -OCH3 is 1. The van der Waals surface area contributed by atoms with Crippen molar-refractivity contribution in [3.05, 3.63) is 53.5 Å². The molecule has 2 aromatic heterocycles. The number of carbonyl (C=O) groups is 1. The number of nitrogens with zero attached hydrogens (tertiary/aromatic N) is 2. The molecule has 2 N–H and O–H groups in total. The van der Waals surface area contributed by atoms with Crippen molar-refractivity contribution in [3.63, 3.8) is 0 Å². The minimum Gasteiger partial charge on any atom is -0.486 e. The molecule has 0 aromatic carbocycles. The van der Waals surface area contributed by atoms with Gasteiger partial charge >= 0.3 is 0 Å². The summed E-state index contributed by atoms with van der Waals surface area (Å²) in [6.45, 7) is 0.955. The van der Waals surface area contributed by atoms with Crippen molar-refractivity contribution in [2.45, 2.75) is 6.61 Å². The molecule has 0 aliphatic rings. The molecule has 2 heterocycles. The van der Waals surface area contributed by atoms with Gasteiger partial charge in [0, 0.05) is 38.2 Å². The van der Waals surface area contributed by atoms with Crippen molar-refractivity contribution >= 4 is 18.2 Å². The van der Waals surface area contributed by atoms with Crippen molar-refractivity contribution < 1.29 is 19.0 Å². The number of ether oxygens (including phenoxy) is 3. The normalized spacial score (nSPS) is 11.0. The van der Waals surface area contributed by atoms with Crippen molar-refractivity contribution in [2.24, 2.45) is 0 Å². The minimum absolute atomic E-state index is 0.187. The highest BCUT2D eigenvalue weighted by molar-refractivity contribution is 5.82. The summed E-state index contributed by atoms with van der Waals surface area (Å²) in [5, 5.41) is 10.3. The van der Waals surface area contributed by atoms with E-state index < -0.39 is 0 Å². The first-order chi connectivity index (χ1) is 13.2. The van der Waals surface area contributed by atoms with Crippen LogP contribution in [0.15, 0.2) is 36.7 Å². The standard InChI is InChI=1S/C19H22N4O4/c1-21-16(5-6-20)19-14(4-3-7-22-19)13-27-17-11-23-18(10-15(17)12-24)26-9-8-25-2/h3-7,10-12,20-21H,8-9,13H2,1-2H3/b16-5-,20-6?. The predicted molar refractivity (Wildman–Crippen MR) is 101 cm³/mol. The van der Waals surface area contributed by atoms with Crippen molar-refractivity contribution in [3.8, 4) is 11.6 Å². The number of aromatic nitrogens is 2. The summed E-state index contributed by atoms with van der Waals surface area (Å²) in [7, 11) is 3.33. The van der Waals surface area contributed by atoms with Crippen LogP contribution >= 0.6 is 0 Å². The molecule has 2 aromatic rings. The third-order valence-electron chi connectivity index (χ3n) is 3.59. The fourth-order valence-electron chi connectivity index (χ4n) is 2.28. The predicted octanol–water partition coefficient (Wildman–Crippen LogP) is 2.10. The molecule has 0 amide bonds. The number of nitrogens with one attached hydrogen (secondary N) is 2. The van der Waals surface area contributed by atoms with Gasteiger partial charge in [-0.05, 0) is 12.1 Å². The van der Waals surface area contributed by atoms with Gasteiger partial charge in [-0.3, -0.25) is 9.78 Å². The molecule has 2 rings (SSSR count). The molecule has 8 heteroatoms. The van der Waals surface area contributed by atoms with Crippen LogP contribution in [0.3, 0.4) is 0 Å². The van der Waals surface area contributed by atoms with Crippen molar-refractivity contribution in [1.82, 2.24) is 15.3 Å². The maximum atomic E-state index is 11.4. The van der Waals surface area contributed by atoms with E-state index in [0.717, 1.165) is 5.56 Å². The lowest BCUT2D eigenvalue weighted by atomic mass is 10.1. The maximum absolute atomic E-state index is 11.4. The van der Waals surface area contributed by atoms with Crippen molar-refractivity contribution in [1.29, 1.82) is 5.41 Å². The molecule has 0 saturated heterocycles. The second-order valence-electron chi connectivity index (χ2n) is 5.32. The monoisotopic (exact) mass is 370 g/mol. The van der Waals surface area contributed by atoms with Crippen molar-refractivity contribution in [2.75, 3.05) is 27.4 Å². The molecule has 0 fully saturated rings. The van der Waals surface area contributed by atoms with E-state index >= 15 is 0 Å². The van der Waals surface area contributed by atoms with Gasteiger partial charge in [0.1, 0.15) is 19.0 Å². The topological polar surface area (TPSA) is 106 Å². The van der Waals surface area contributed by atoms with E-state index in [4.69, 9.17) is 19.6 Å². The third-order valence-corrected chi connectivity index (χ3v) is 3.59. The van der Waals surface area contributed by atoms with E-state index in [1.54, 1.807) is 32.5 Å². The van der Waals surface area contributed by atoms with Crippen LogP contribution in [0.1, 0.15) is 21.6 Å². The first-order valence-corrected chi connectivity index (χ1v) is 8.26. The molecule has 8 nitrogen and oxygen atoms in total. The summed E-state index contributed by atoms with van der Waals surface area (Å²) >= 11 is 0. The number of allylic oxidation sites excluding steroid dienone is 1. The van der Waals surface area contributed by atoms with Crippen LogP contribution in [-0.4, -0.2) is 49.8 Å². The lowest BCUT2D eigenvalue weighted by molar-refractivity contribution is 0.111. The Kier molecular flexibility index (Phi) is 7.92. The van der Waals surface area contributed by atoms with Gasteiger partial charge in [-0.15, -0.1) is 0 Å². The average molecular weight is 370 g/mol. The Bertz CT molecular complexity index is 808. The molecule has 0 saturated carbocycles. The largest absolute Gasteiger partial charge is 0.486 e. The van der Waals surface area contributed by atoms with Crippen LogP contribution < -0.4 is 14.8 Å². The van der Waals surface area contributed by atoms with Crippen LogP contribution in [0.4, 0.5) is 0 Å². The quantitative estimate of drug-likeness (QED) is 0.354. The molecule has 0 aliphatic carbocycles. The molecule has 0 spiro atoms. The van der Waals surface area contributed by atoms with Gasteiger partial charge in [0.25, 0.3) is 0 Å². The first-order valence-electron chi connectivity index (χ1n) is 8.26. The molecular weight excluding hydrogens is 348 g/mol. The number of carbonyl (C=O) groups excluding carboxylic acids is 1. The molecule has 142 valence electrons. The van der Waals surface area contributed by atoms with Crippen LogP contribution in [0, 0.1) is 5.41 Å². The van der Waals surface area contributed by atoms with E-state index in [1.165, 1.54) is 18.5 Å². The van der Waals surface area contributed by atoms with E-state index in [-0.39, 0.29) is 6.61 Å². The summed E-state index contributed by atoms with van der Waals surface area (Å²) in [5.41, 5.74) is 2.51. The van der Waals surface area contributed by atoms with Gasteiger partial charge in [0.2, 0.25) is 5.88 Å². The highest BCUT2D eigenvalue weighted by Crippen LogP contribution is 2.22. The Morgan fingerprint density at radius 1 is 1.30 bits per heavy atom. The Balaban J connectivity index is 2.16. The van der Waals surface area contributed by atoms with Crippen LogP contribution in [0.2, 0.25) is 0 Å². The minimum atomic E-state index is 0.187. The molecule has 0 aliphatic heterocycles. The Labute approximate surface area is 157 Å². The average Bonchev–Trinajstić information content (AvgIpc) is 2.71. The van der Waals surface area contributed by atoms with E-state index in [1.807, 2.05) is 6.07 Å². The number of hydrogen-bond acceptors (Lipinski definition) is 8. The SMILES string of the molecule is CN/C(=C\C=N)c1ncccc1COc1cnc(OCCOC)cc1C=O. The Morgan fingerprint density at radius 3 is 2.85 bits per heavy atom. The van der Waals surface area contributed by atoms with Crippen LogP contribution in [-0.2, 0) is 11.3 Å². The number of pyridine rings is 2. The first kappa shape index (κ1) is 20.1. The third kappa shape index (κ3) is 5.61. The lowest BCUT2D eigenvalue weighted by Gasteiger charge is -2.13. The fraction of sp³-hybridized carbons (Fsp3) is 0.263. The zero-order valence-electron chi connectivity index (χ0n) is 15.3. The lowest BCUT2D eigenvalue weighted by Crippen LogP contribution is -2.11. The highest BCUT2D eigenvalue weighted by atomic mass is 16.5. The zero-order chi connectivity index (χ0) is 19.5. The van der Waals surface area contributed by atoms with Gasteiger partial charge in [0.05, 0.1) is 29.8 Å². The van der Waals surface area contributed by atoms with E-state index in [2.05, 4.69) is 15.3 Å². The van der Waals surface area contributed by atoms with Gasteiger partial charge < -0.3 is 24.9 Å². The Morgan fingerprint density at radius 2 is 2.15 bits per heavy atom. The molecule has 0 radical (unpaired) electrons. The second-order valence-corrected chi connectivity index (χ2v) is 5.32. The summed E-state index contributed by atoms with van der Waals surface area (Å²) < 4.78 is 16.1. The van der Waals surface area contributed by atoms with Crippen LogP contribution in [0.5, 0.6) is 11.6 Å². The summed E-state index contributed by atoms with van der Waals surface area (Å²) in [6, 6.07) is 5.19. The molecule has 27 heavy (non-hydrogen) atoms. The second kappa shape index (κ2) is 10.7. The summed E-state index contributed by atoms with van der Waals surface area (Å²) in [4.78, 5) is 19.9. The molecule has 0 unspecified atom stereocenters.